The van der Waals surface area contributed by atoms with E-state index in [2.05, 4.69) is 34.4 Å². The Bertz CT molecular complexity index is 1230. The van der Waals surface area contributed by atoms with E-state index in [0.29, 0.717) is 44.3 Å². The first-order chi connectivity index (χ1) is 21.7. The smallest absolute Gasteiger partial charge is 0.313 e. The molecule has 0 radical (unpaired) electrons. The molecule has 3 aliphatic heterocycles. The van der Waals surface area contributed by atoms with E-state index in [1.807, 2.05) is 37.3 Å². The zero-order valence-electron chi connectivity index (χ0n) is 26.1. The van der Waals surface area contributed by atoms with Crippen LogP contribution in [0.3, 0.4) is 0 Å². The van der Waals surface area contributed by atoms with Gasteiger partial charge in [-0.2, -0.15) is 0 Å². The van der Waals surface area contributed by atoms with Crippen molar-refractivity contribution >= 4 is 39.6 Å². The zero-order chi connectivity index (χ0) is 32.6. The fourth-order valence-corrected chi connectivity index (χ4v) is 7.87. The Morgan fingerprint density at radius 1 is 1.22 bits per heavy atom. The van der Waals surface area contributed by atoms with Crippen LogP contribution in [-0.2, 0) is 28.7 Å². The molecule has 4 rings (SSSR count). The molecule has 3 saturated heterocycles. The van der Waals surface area contributed by atoms with Gasteiger partial charge in [0.05, 0.1) is 24.5 Å². The van der Waals surface area contributed by atoms with Gasteiger partial charge in [0.2, 0.25) is 17.7 Å². The van der Waals surface area contributed by atoms with E-state index in [1.165, 1.54) is 0 Å². The van der Waals surface area contributed by atoms with Crippen LogP contribution in [0.1, 0.15) is 63.5 Å². The lowest BCUT2D eigenvalue weighted by Crippen LogP contribution is -2.57. The van der Waals surface area contributed by atoms with Crippen molar-refractivity contribution < 1.29 is 33.8 Å². The Hall–Kier alpha value is -3.02. The number of unbranched alkanes of at least 4 members (excludes halogenated alkanes) is 2. The number of hydrogen-bond acceptors (Lipinski definition) is 7. The highest BCUT2D eigenvalue weighted by atomic mass is 79.9. The van der Waals surface area contributed by atoms with Crippen LogP contribution in [0.4, 0.5) is 0 Å². The van der Waals surface area contributed by atoms with E-state index in [-0.39, 0.29) is 48.7 Å². The summed E-state index contributed by atoms with van der Waals surface area (Å²) in [7, 11) is 0. The van der Waals surface area contributed by atoms with Crippen molar-refractivity contribution in [1.29, 1.82) is 0 Å². The molecule has 11 heteroatoms. The predicted molar refractivity (Wildman–Crippen MR) is 173 cm³/mol. The van der Waals surface area contributed by atoms with Gasteiger partial charge in [0, 0.05) is 37.5 Å². The Morgan fingerprint density at radius 2 is 1.98 bits per heavy atom. The summed E-state index contributed by atoms with van der Waals surface area (Å²) in [5, 5.41) is 12.3. The second-order valence-electron chi connectivity index (χ2n) is 12.0. The number of carbonyl (C=O) groups excluding carboxylic acids is 4. The second-order valence-corrected chi connectivity index (χ2v) is 13.2. The van der Waals surface area contributed by atoms with Crippen LogP contribution in [0.2, 0.25) is 0 Å². The summed E-state index contributed by atoms with van der Waals surface area (Å²) in [6.45, 7) is 10.7. The largest absolute Gasteiger partial charge is 0.455 e. The van der Waals surface area contributed by atoms with E-state index in [9.17, 15) is 24.3 Å². The molecule has 1 aromatic carbocycles. The van der Waals surface area contributed by atoms with Crippen LogP contribution in [0.25, 0.3) is 0 Å². The molecule has 1 aromatic rings. The van der Waals surface area contributed by atoms with Gasteiger partial charge in [-0.05, 0) is 37.7 Å². The number of esters is 1. The number of alkyl halides is 1. The minimum absolute atomic E-state index is 0.0314. The highest BCUT2D eigenvalue weighted by Crippen LogP contribution is 2.60. The fourth-order valence-electron chi connectivity index (χ4n) is 6.92. The van der Waals surface area contributed by atoms with Gasteiger partial charge in [-0.25, -0.2) is 0 Å². The van der Waals surface area contributed by atoms with Crippen LogP contribution in [0.5, 0.6) is 0 Å². The molecule has 45 heavy (non-hydrogen) atoms. The van der Waals surface area contributed by atoms with Crippen molar-refractivity contribution in [3.8, 4) is 0 Å². The maximum absolute atomic E-state index is 14.3. The van der Waals surface area contributed by atoms with Gasteiger partial charge in [0.25, 0.3) is 0 Å². The molecule has 0 aliphatic carbocycles. The lowest BCUT2D eigenvalue weighted by atomic mass is 9.70. The third-order valence-electron chi connectivity index (χ3n) is 9.04. The average Bonchev–Trinajstić information content (AvgIpc) is 3.63. The minimum Gasteiger partial charge on any atom is -0.455 e. The Kier molecular flexibility index (Phi) is 12.4. The SMILES string of the molecule is C=CCCC(=O)NC[C@@H](OC(=O)[C@H]1[C@@H]2O[C@@]3(CC2Br)[C@@H]1C(=O)N(CCCCO)[C@@H]3C(=O)N(CC=C)CCCC)c1ccccc1. The van der Waals surface area contributed by atoms with Gasteiger partial charge in [0.1, 0.15) is 17.7 Å². The highest BCUT2D eigenvalue weighted by Gasteiger charge is 2.77. The lowest BCUT2D eigenvalue weighted by Gasteiger charge is -2.37. The zero-order valence-corrected chi connectivity index (χ0v) is 27.7. The van der Waals surface area contributed by atoms with E-state index >= 15 is 0 Å². The number of fused-ring (bicyclic) bond motifs is 1. The monoisotopic (exact) mass is 687 g/mol. The molecule has 1 spiro atoms. The number of allylic oxidation sites excluding steroid dienone is 1. The van der Waals surface area contributed by atoms with Gasteiger partial charge >= 0.3 is 5.97 Å². The number of ether oxygens (including phenoxy) is 2. The molecule has 1 unspecified atom stereocenters. The van der Waals surface area contributed by atoms with Crippen molar-refractivity contribution in [1.82, 2.24) is 15.1 Å². The fraction of sp³-hybridized carbons (Fsp3) is 0.588. The van der Waals surface area contributed by atoms with E-state index in [0.717, 1.165) is 12.8 Å². The number of benzene rings is 1. The summed E-state index contributed by atoms with van der Waals surface area (Å²) < 4.78 is 12.7. The normalized spacial score (nSPS) is 27.1. The van der Waals surface area contributed by atoms with Crippen molar-refractivity contribution in [3.05, 3.63) is 61.2 Å². The molecule has 246 valence electrons. The van der Waals surface area contributed by atoms with Gasteiger partial charge in [-0.3, -0.25) is 19.2 Å². The Morgan fingerprint density at radius 3 is 2.64 bits per heavy atom. The molecular weight excluding hydrogens is 642 g/mol. The summed E-state index contributed by atoms with van der Waals surface area (Å²) in [4.78, 5) is 58.1. The molecule has 3 heterocycles. The molecule has 2 bridgehead atoms. The number of rotatable bonds is 18. The predicted octanol–water partition coefficient (Wildman–Crippen LogP) is 3.69. The minimum atomic E-state index is -1.21. The maximum Gasteiger partial charge on any atom is 0.313 e. The molecule has 3 amide bonds. The van der Waals surface area contributed by atoms with Crippen LogP contribution in [0, 0.1) is 11.8 Å². The molecular formula is C34H46BrN3O7. The number of aliphatic hydroxyl groups excluding tert-OH is 1. The number of hydrogen-bond donors (Lipinski definition) is 2. The quantitative estimate of drug-likeness (QED) is 0.104. The van der Waals surface area contributed by atoms with Crippen LogP contribution >= 0.6 is 15.9 Å². The summed E-state index contributed by atoms with van der Waals surface area (Å²) in [5.41, 5.74) is -0.501. The van der Waals surface area contributed by atoms with E-state index in [1.54, 1.807) is 22.0 Å². The summed E-state index contributed by atoms with van der Waals surface area (Å²) in [6.07, 6.45) is 5.74. The molecule has 0 saturated carbocycles. The van der Waals surface area contributed by atoms with Crippen molar-refractivity contribution in [2.24, 2.45) is 11.8 Å². The first-order valence-electron chi connectivity index (χ1n) is 16.0. The summed E-state index contributed by atoms with van der Waals surface area (Å²) >= 11 is 3.71. The summed E-state index contributed by atoms with van der Waals surface area (Å²) in [6, 6.07) is 8.24. The Labute approximate surface area is 274 Å². The van der Waals surface area contributed by atoms with Crippen LogP contribution < -0.4 is 5.32 Å². The first kappa shape index (κ1) is 34.8. The summed E-state index contributed by atoms with van der Waals surface area (Å²) in [5.74, 6) is -3.16. The second kappa shape index (κ2) is 16.0. The first-order valence-corrected chi connectivity index (χ1v) is 16.9. The number of halogens is 1. The number of nitrogens with zero attached hydrogens (tertiary/aromatic N) is 2. The lowest BCUT2D eigenvalue weighted by molar-refractivity contribution is -0.160. The number of carbonyl (C=O) groups is 4. The van der Waals surface area contributed by atoms with E-state index < -0.39 is 41.7 Å². The molecule has 3 fully saturated rings. The Balaban J connectivity index is 1.64. The van der Waals surface area contributed by atoms with Crippen molar-refractivity contribution in [3.63, 3.8) is 0 Å². The molecule has 7 atom stereocenters. The molecule has 0 aromatic heterocycles. The average molecular weight is 689 g/mol. The number of likely N-dealkylation sites (tertiary alicyclic amines) is 1. The third kappa shape index (κ3) is 7.36. The van der Waals surface area contributed by atoms with Crippen molar-refractivity contribution in [2.75, 3.05) is 32.8 Å². The third-order valence-corrected chi connectivity index (χ3v) is 9.88. The van der Waals surface area contributed by atoms with Crippen molar-refractivity contribution in [2.45, 2.75) is 80.5 Å². The number of aliphatic hydroxyl groups is 1. The number of nitrogens with one attached hydrogen (secondary N) is 1. The maximum atomic E-state index is 14.3. The van der Waals surface area contributed by atoms with Gasteiger partial charge in [-0.15, -0.1) is 13.2 Å². The number of amides is 3. The topological polar surface area (TPSA) is 125 Å². The molecule has 2 N–H and O–H groups in total. The van der Waals surface area contributed by atoms with Gasteiger partial charge in [-0.1, -0.05) is 71.8 Å². The van der Waals surface area contributed by atoms with Crippen LogP contribution in [-0.4, -0.2) is 94.0 Å². The molecule has 10 nitrogen and oxygen atoms in total. The standard InChI is InChI=1S/C34H46BrN3O7/c1-4-7-16-26(40)36-22-25(23-14-10-9-11-15-23)44-33(43)27-28-31(41)38(19-12-13-20-39)30(34(28)21-24(35)29(27)45-34)32(42)37(17-6-3)18-8-5-2/h4,6,9-11,14-15,24-25,27-30,39H,1,3,5,7-8,12-13,16-22H2,2H3,(H,36,40)/t24?,25-,27-,28+,29-,30-,34+/m1/s1. The van der Waals surface area contributed by atoms with Crippen LogP contribution in [0.15, 0.2) is 55.6 Å². The van der Waals surface area contributed by atoms with E-state index in [4.69, 9.17) is 9.47 Å². The molecule has 3 aliphatic rings. The van der Waals surface area contributed by atoms with Gasteiger partial charge in [0.15, 0.2) is 0 Å². The highest BCUT2D eigenvalue weighted by molar-refractivity contribution is 9.09. The van der Waals surface area contributed by atoms with Gasteiger partial charge < -0.3 is 29.7 Å².